The molecule has 2 N–H and O–H groups in total. The first-order valence-electron chi connectivity index (χ1n) is 4.60. The second-order valence-electron chi connectivity index (χ2n) is 4.18. The smallest absolute Gasteiger partial charge is 0.319 e. The van der Waals surface area contributed by atoms with E-state index in [4.69, 9.17) is 5.11 Å². The van der Waals surface area contributed by atoms with Gasteiger partial charge in [0.15, 0.2) is 0 Å². The van der Waals surface area contributed by atoms with Gasteiger partial charge in [0.2, 0.25) is 5.91 Å². The van der Waals surface area contributed by atoms with Crippen LogP contribution in [-0.2, 0) is 9.59 Å². The van der Waals surface area contributed by atoms with Crippen molar-refractivity contribution in [2.45, 2.75) is 32.2 Å². The number of carbonyl (C=O) groups excluding carboxylic acids is 1. The molecule has 4 heteroatoms. The highest BCUT2D eigenvalue weighted by molar-refractivity contribution is 6.05. The molecule has 0 aliphatic heterocycles. The van der Waals surface area contributed by atoms with Gasteiger partial charge in [-0.25, -0.2) is 0 Å². The van der Waals surface area contributed by atoms with Crippen LogP contribution < -0.4 is 5.32 Å². The Morgan fingerprint density at radius 1 is 1.46 bits per heavy atom. The molecule has 0 aromatic carbocycles. The van der Waals surface area contributed by atoms with Crippen LogP contribution in [0.3, 0.4) is 0 Å². The average molecular weight is 183 g/mol. The Balaban J connectivity index is 1.93. The summed E-state index contributed by atoms with van der Waals surface area (Å²) in [6, 6.07) is 0.226. The number of carboxylic acid groups (broad SMARTS) is 1. The number of hydrogen-bond donors (Lipinski definition) is 2. The van der Waals surface area contributed by atoms with Crippen LogP contribution in [0, 0.1) is 11.3 Å². The van der Waals surface area contributed by atoms with Crippen molar-refractivity contribution >= 4 is 11.9 Å². The van der Waals surface area contributed by atoms with Gasteiger partial charge >= 0.3 is 5.97 Å². The van der Waals surface area contributed by atoms with Gasteiger partial charge in [-0.05, 0) is 25.2 Å². The minimum absolute atomic E-state index is 0.226. The van der Waals surface area contributed by atoms with Crippen molar-refractivity contribution in [3.8, 4) is 0 Å². The van der Waals surface area contributed by atoms with Crippen molar-refractivity contribution < 1.29 is 14.7 Å². The van der Waals surface area contributed by atoms with Crippen LogP contribution >= 0.6 is 0 Å². The third-order valence-electron chi connectivity index (χ3n) is 3.02. The lowest BCUT2D eigenvalue weighted by Crippen LogP contribution is -2.38. The van der Waals surface area contributed by atoms with Crippen LogP contribution in [0.15, 0.2) is 0 Å². The molecule has 0 saturated heterocycles. The zero-order valence-electron chi connectivity index (χ0n) is 7.54. The molecule has 0 heterocycles. The second kappa shape index (κ2) is 2.47. The summed E-state index contributed by atoms with van der Waals surface area (Å²) in [6.07, 6.45) is 1.98. The predicted molar refractivity (Wildman–Crippen MR) is 45.0 cm³/mol. The standard InChI is InChI=1S/C9H13NO3/c1-5-4-6(5)10-7(11)9(2-3-9)8(12)13/h5-6H,2-4H2,1H3,(H,10,11)(H,12,13). The highest BCUT2D eigenvalue weighted by Crippen LogP contribution is 2.46. The Kier molecular flexibility index (Phi) is 1.62. The molecule has 72 valence electrons. The van der Waals surface area contributed by atoms with Gasteiger partial charge < -0.3 is 10.4 Å². The Morgan fingerprint density at radius 2 is 2.00 bits per heavy atom. The van der Waals surface area contributed by atoms with Gasteiger partial charge in [0.05, 0.1) is 0 Å². The summed E-state index contributed by atoms with van der Waals surface area (Å²) >= 11 is 0. The first kappa shape index (κ1) is 8.53. The molecule has 0 aromatic rings. The van der Waals surface area contributed by atoms with Gasteiger partial charge in [-0.15, -0.1) is 0 Å². The maximum atomic E-state index is 11.5. The third kappa shape index (κ3) is 1.30. The van der Waals surface area contributed by atoms with Crippen LogP contribution in [0.1, 0.15) is 26.2 Å². The SMILES string of the molecule is CC1CC1NC(=O)C1(C(=O)O)CC1. The van der Waals surface area contributed by atoms with E-state index in [0.29, 0.717) is 18.8 Å². The number of carboxylic acids is 1. The zero-order valence-corrected chi connectivity index (χ0v) is 7.54. The van der Waals surface area contributed by atoms with Gasteiger partial charge in [-0.2, -0.15) is 0 Å². The van der Waals surface area contributed by atoms with Gasteiger partial charge in [-0.1, -0.05) is 6.92 Å². The summed E-state index contributed by atoms with van der Waals surface area (Å²) in [5.74, 6) is -0.735. The topological polar surface area (TPSA) is 66.4 Å². The van der Waals surface area contributed by atoms with E-state index in [-0.39, 0.29) is 11.9 Å². The Bertz CT molecular complexity index is 270. The summed E-state index contributed by atoms with van der Waals surface area (Å²) in [4.78, 5) is 22.2. The molecule has 1 amide bonds. The Morgan fingerprint density at radius 3 is 2.31 bits per heavy atom. The zero-order chi connectivity index (χ0) is 9.64. The molecule has 2 aliphatic carbocycles. The van der Waals surface area contributed by atoms with Gasteiger partial charge in [0, 0.05) is 6.04 Å². The largest absolute Gasteiger partial charge is 0.480 e. The van der Waals surface area contributed by atoms with Crippen LogP contribution in [0.4, 0.5) is 0 Å². The van der Waals surface area contributed by atoms with E-state index in [1.54, 1.807) is 0 Å². The normalized spacial score (nSPS) is 33.6. The van der Waals surface area contributed by atoms with Crippen molar-refractivity contribution in [3.63, 3.8) is 0 Å². The summed E-state index contributed by atoms with van der Waals surface area (Å²) in [7, 11) is 0. The number of amides is 1. The van der Waals surface area contributed by atoms with E-state index in [9.17, 15) is 9.59 Å². The number of aliphatic carboxylic acids is 1. The lowest BCUT2D eigenvalue weighted by atomic mass is 10.1. The van der Waals surface area contributed by atoms with Gasteiger partial charge in [-0.3, -0.25) is 9.59 Å². The fourth-order valence-electron chi connectivity index (χ4n) is 1.49. The van der Waals surface area contributed by atoms with Gasteiger partial charge in [0.25, 0.3) is 0 Å². The van der Waals surface area contributed by atoms with Crippen LogP contribution in [-0.4, -0.2) is 23.0 Å². The lowest BCUT2D eigenvalue weighted by molar-refractivity contribution is -0.149. The molecule has 2 rings (SSSR count). The van der Waals surface area contributed by atoms with E-state index in [2.05, 4.69) is 5.32 Å². The van der Waals surface area contributed by atoms with Crippen LogP contribution in [0.25, 0.3) is 0 Å². The first-order valence-corrected chi connectivity index (χ1v) is 4.60. The predicted octanol–water partition coefficient (Wildman–Crippen LogP) is 0.376. The molecular weight excluding hydrogens is 170 g/mol. The molecule has 0 aromatic heterocycles. The van der Waals surface area contributed by atoms with Crippen molar-refractivity contribution in [1.29, 1.82) is 0 Å². The molecule has 0 bridgehead atoms. The number of nitrogens with one attached hydrogen (secondary N) is 1. The van der Waals surface area contributed by atoms with E-state index < -0.39 is 11.4 Å². The number of carbonyl (C=O) groups is 2. The summed E-state index contributed by atoms with van der Waals surface area (Å²) in [5.41, 5.74) is -1.07. The Labute approximate surface area is 76.3 Å². The summed E-state index contributed by atoms with van der Waals surface area (Å²) in [6.45, 7) is 2.05. The van der Waals surface area contributed by atoms with Crippen LogP contribution in [0.2, 0.25) is 0 Å². The minimum Gasteiger partial charge on any atom is -0.480 e. The number of rotatable bonds is 3. The van der Waals surface area contributed by atoms with E-state index in [1.807, 2.05) is 6.92 Å². The first-order chi connectivity index (χ1) is 6.06. The molecule has 0 radical (unpaired) electrons. The van der Waals surface area contributed by atoms with Crippen molar-refractivity contribution in [3.05, 3.63) is 0 Å². The summed E-state index contributed by atoms with van der Waals surface area (Å²) < 4.78 is 0. The van der Waals surface area contributed by atoms with E-state index in [1.165, 1.54) is 0 Å². The van der Waals surface area contributed by atoms with E-state index in [0.717, 1.165) is 6.42 Å². The minimum atomic E-state index is -1.07. The molecule has 0 spiro atoms. The molecule has 2 saturated carbocycles. The molecule has 2 unspecified atom stereocenters. The summed E-state index contributed by atoms with van der Waals surface area (Å²) in [5, 5.41) is 11.6. The number of hydrogen-bond acceptors (Lipinski definition) is 2. The molecule has 13 heavy (non-hydrogen) atoms. The average Bonchev–Trinajstić information content (AvgIpc) is 2.87. The fourth-order valence-corrected chi connectivity index (χ4v) is 1.49. The highest BCUT2D eigenvalue weighted by atomic mass is 16.4. The quantitative estimate of drug-likeness (QED) is 0.621. The monoisotopic (exact) mass is 183 g/mol. The van der Waals surface area contributed by atoms with Crippen LogP contribution in [0.5, 0.6) is 0 Å². The molecule has 2 fully saturated rings. The fraction of sp³-hybridized carbons (Fsp3) is 0.778. The van der Waals surface area contributed by atoms with E-state index >= 15 is 0 Å². The molecular formula is C9H13NO3. The van der Waals surface area contributed by atoms with Crippen molar-refractivity contribution in [1.82, 2.24) is 5.32 Å². The van der Waals surface area contributed by atoms with Crippen molar-refractivity contribution in [2.24, 2.45) is 11.3 Å². The Hall–Kier alpha value is -1.06. The molecule has 2 aliphatic rings. The highest BCUT2D eigenvalue weighted by Gasteiger charge is 2.58. The molecule has 4 nitrogen and oxygen atoms in total. The maximum absolute atomic E-state index is 11.5. The van der Waals surface area contributed by atoms with Gasteiger partial charge in [0.1, 0.15) is 5.41 Å². The maximum Gasteiger partial charge on any atom is 0.319 e. The molecule has 2 atom stereocenters. The lowest BCUT2D eigenvalue weighted by Gasteiger charge is -2.09. The third-order valence-corrected chi connectivity index (χ3v) is 3.02. The van der Waals surface area contributed by atoms with Crippen molar-refractivity contribution in [2.75, 3.05) is 0 Å². The second-order valence-corrected chi connectivity index (χ2v) is 4.18.